The fourth-order valence-corrected chi connectivity index (χ4v) is 3.68. The maximum Gasteiger partial charge on any atom is 0.300 e. The molecule has 3 rings (SSSR count). The zero-order valence-corrected chi connectivity index (χ0v) is 15.8. The predicted octanol–water partition coefficient (Wildman–Crippen LogP) is 3.41. The smallest absolute Gasteiger partial charge is 0.300 e. The third kappa shape index (κ3) is 3.10. The Morgan fingerprint density at radius 3 is 2.50 bits per heavy atom. The molecule has 0 spiro atoms. The van der Waals surface area contributed by atoms with Gasteiger partial charge in [0, 0.05) is 10.2 Å². The zero-order valence-electron chi connectivity index (χ0n) is 14.2. The Labute approximate surface area is 158 Å². The largest absolute Gasteiger partial charge is 0.508 e. The number of hydrogen-bond donors (Lipinski definition) is 2. The molecule has 134 valence electrons. The number of aryl methyl sites for hydroxylation is 1. The number of phenols is 1. The van der Waals surface area contributed by atoms with Gasteiger partial charge in [0.25, 0.3) is 11.7 Å². The summed E-state index contributed by atoms with van der Waals surface area (Å²) in [5.41, 5.74) is 2.02. The minimum atomic E-state index is -0.818. The number of hydrogen-bond acceptors (Lipinski definition) is 4. The van der Waals surface area contributed by atoms with E-state index in [0.717, 1.165) is 5.56 Å². The van der Waals surface area contributed by atoms with Gasteiger partial charge in [0.2, 0.25) is 5.91 Å². The van der Waals surface area contributed by atoms with Gasteiger partial charge in [0.05, 0.1) is 11.3 Å². The third-order valence-corrected chi connectivity index (χ3v) is 4.76. The number of carbonyl (C=O) groups is 3. The number of aromatic hydroxyl groups is 1. The number of anilines is 2. The molecule has 2 aromatic carbocycles. The summed E-state index contributed by atoms with van der Waals surface area (Å²) >= 11 is 3.33. The fraction of sp³-hybridized carbons (Fsp3) is 0.211. The molecule has 2 N–H and O–H groups in total. The molecule has 6 nitrogen and oxygen atoms in total. The van der Waals surface area contributed by atoms with Crippen LogP contribution in [0.3, 0.4) is 0 Å². The second-order valence-corrected chi connectivity index (χ2v) is 7.00. The standard InChI is InChI=1S/C19H17BrN2O4/c1-3-15(18(25)21-12-4-6-13(23)7-5-12)22-16-10(2)8-11(20)9-14(16)17(24)19(22)26/h4-9,15,23H,3H2,1-2H3,(H,21,25). The minimum absolute atomic E-state index is 0.0884. The lowest BCUT2D eigenvalue weighted by atomic mass is 10.1. The maximum atomic E-state index is 12.8. The third-order valence-electron chi connectivity index (χ3n) is 4.30. The van der Waals surface area contributed by atoms with Crippen LogP contribution >= 0.6 is 15.9 Å². The quantitative estimate of drug-likeness (QED) is 0.590. The molecule has 0 radical (unpaired) electrons. The Hall–Kier alpha value is -2.67. The van der Waals surface area contributed by atoms with Crippen molar-refractivity contribution in [3.05, 3.63) is 52.0 Å². The van der Waals surface area contributed by atoms with E-state index in [1.54, 1.807) is 32.0 Å². The molecule has 7 heteroatoms. The van der Waals surface area contributed by atoms with Crippen LogP contribution in [0.4, 0.5) is 11.4 Å². The van der Waals surface area contributed by atoms with Gasteiger partial charge in [-0.25, -0.2) is 0 Å². The summed E-state index contributed by atoms with van der Waals surface area (Å²) in [4.78, 5) is 39.0. The highest BCUT2D eigenvalue weighted by Gasteiger charge is 2.42. The molecule has 26 heavy (non-hydrogen) atoms. The van der Waals surface area contributed by atoms with Crippen molar-refractivity contribution < 1.29 is 19.5 Å². The molecular weight excluding hydrogens is 400 g/mol. The Bertz CT molecular complexity index is 909. The van der Waals surface area contributed by atoms with Gasteiger partial charge in [0.1, 0.15) is 11.8 Å². The van der Waals surface area contributed by atoms with Crippen molar-refractivity contribution in [1.29, 1.82) is 0 Å². The van der Waals surface area contributed by atoms with Crippen LogP contribution in [0.15, 0.2) is 40.9 Å². The van der Waals surface area contributed by atoms with Crippen molar-refractivity contribution in [2.75, 3.05) is 10.2 Å². The van der Waals surface area contributed by atoms with Crippen LogP contribution in [-0.4, -0.2) is 28.7 Å². The van der Waals surface area contributed by atoms with Crippen LogP contribution in [0.2, 0.25) is 0 Å². The van der Waals surface area contributed by atoms with Crippen LogP contribution in [0.1, 0.15) is 29.3 Å². The SMILES string of the molecule is CCC(C(=O)Nc1ccc(O)cc1)N1C(=O)C(=O)c2cc(Br)cc(C)c21. The van der Waals surface area contributed by atoms with Crippen LogP contribution in [0.5, 0.6) is 5.75 Å². The van der Waals surface area contributed by atoms with Crippen LogP contribution in [-0.2, 0) is 9.59 Å². The number of halogens is 1. The number of amides is 2. The van der Waals surface area contributed by atoms with E-state index >= 15 is 0 Å². The molecule has 0 fully saturated rings. The topological polar surface area (TPSA) is 86.7 Å². The molecule has 2 amide bonds. The van der Waals surface area contributed by atoms with Gasteiger partial charge in [-0.05, 0) is 55.3 Å². The molecule has 1 aliphatic heterocycles. The van der Waals surface area contributed by atoms with E-state index in [1.807, 2.05) is 6.07 Å². The molecule has 1 unspecified atom stereocenters. The van der Waals surface area contributed by atoms with Gasteiger partial charge in [-0.2, -0.15) is 0 Å². The van der Waals surface area contributed by atoms with E-state index in [4.69, 9.17) is 0 Å². The van der Waals surface area contributed by atoms with Crippen molar-refractivity contribution in [2.24, 2.45) is 0 Å². The van der Waals surface area contributed by atoms with Crippen molar-refractivity contribution in [3.63, 3.8) is 0 Å². The highest BCUT2D eigenvalue weighted by atomic mass is 79.9. The number of benzene rings is 2. The molecule has 1 aliphatic rings. The van der Waals surface area contributed by atoms with E-state index in [-0.39, 0.29) is 5.75 Å². The van der Waals surface area contributed by atoms with Crippen molar-refractivity contribution in [1.82, 2.24) is 0 Å². The van der Waals surface area contributed by atoms with Gasteiger partial charge in [0.15, 0.2) is 0 Å². The molecule has 0 saturated carbocycles. The van der Waals surface area contributed by atoms with E-state index in [2.05, 4.69) is 21.2 Å². The number of phenolic OH excluding ortho intramolecular Hbond substituents is 1. The highest BCUT2D eigenvalue weighted by Crippen LogP contribution is 2.37. The summed E-state index contributed by atoms with van der Waals surface area (Å²) < 4.78 is 0.707. The number of nitrogens with one attached hydrogen (secondary N) is 1. The first kappa shape index (κ1) is 18.1. The van der Waals surface area contributed by atoms with E-state index in [1.165, 1.54) is 17.0 Å². The number of rotatable bonds is 4. The van der Waals surface area contributed by atoms with Gasteiger partial charge in [-0.15, -0.1) is 0 Å². The summed E-state index contributed by atoms with van der Waals surface area (Å²) in [7, 11) is 0. The summed E-state index contributed by atoms with van der Waals surface area (Å²) in [5, 5.41) is 12.1. The number of ketones is 1. The lowest BCUT2D eigenvalue weighted by Gasteiger charge is -2.27. The Kier molecular flexibility index (Phi) is 4.82. The van der Waals surface area contributed by atoms with Crippen LogP contribution in [0.25, 0.3) is 0 Å². The highest BCUT2D eigenvalue weighted by molar-refractivity contribution is 9.10. The molecule has 1 atom stereocenters. The van der Waals surface area contributed by atoms with E-state index in [9.17, 15) is 19.5 Å². The zero-order chi connectivity index (χ0) is 19.0. The minimum Gasteiger partial charge on any atom is -0.508 e. The second-order valence-electron chi connectivity index (χ2n) is 6.08. The number of Topliss-reactive ketones (excluding diaryl/α,β-unsaturated/α-hetero) is 1. The van der Waals surface area contributed by atoms with Crippen molar-refractivity contribution in [2.45, 2.75) is 26.3 Å². The van der Waals surface area contributed by atoms with Crippen molar-refractivity contribution in [3.8, 4) is 5.75 Å². The average Bonchev–Trinajstić information content (AvgIpc) is 2.83. The Morgan fingerprint density at radius 2 is 1.88 bits per heavy atom. The molecular formula is C19H17BrN2O4. The van der Waals surface area contributed by atoms with Gasteiger partial charge in [-0.1, -0.05) is 22.9 Å². The van der Waals surface area contributed by atoms with Gasteiger partial charge >= 0.3 is 0 Å². The van der Waals surface area contributed by atoms with Crippen LogP contribution in [0, 0.1) is 6.92 Å². The first-order valence-electron chi connectivity index (χ1n) is 8.11. The number of nitrogens with zero attached hydrogens (tertiary/aromatic N) is 1. The lowest BCUT2D eigenvalue weighted by molar-refractivity contribution is -0.121. The van der Waals surface area contributed by atoms with Gasteiger partial charge < -0.3 is 10.4 Å². The second kappa shape index (κ2) is 6.92. The Morgan fingerprint density at radius 1 is 1.23 bits per heavy atom. The molecule has 0 aliphatic carbocycles. The molecule has 0 aromatic heterocycles. The maximum absolute atomic E-state index is 12.8. The first-order chi connectivity index (χ1) is 12.3. The molecule has 0 bridgehead atoms. The summed E-state index contributed by atoms with van der Waals surface area (Å²) in [6.45, 7) is 3.58. The fourth-order valence-electron chi connectivity index (χ4n) is 3.11. The molecule has 0 saturated heterocycles. The number of fused-ring (bicyclic) bond motifs is 1. The number of carbonyl (C=O) groups excluding carboxylic acids is 3. The summed E-state index contributed by atoms with van der Waals surface area (Å²) in [5.74, 6) is -1.62. The first-order valence-corrected chi connectivity index (χ1v) is 8.90. The predicted molar refractivity (Wildman–Crippen MR) is 102 cm³/mol. The lowest BCUT2D eigenvalue weighted by Crippen LogP contribution is -2.46. The Balaban J connectivity index is 1.96. The summed E-state index contributed by atoms with van der Waals surface area (Å²) in [6, 6.07) is 8.63. The van der Waals surface area contributed by atoms with E-state index < -0.39 is 23.6 Å². The van der Waals surface area contributed by atoms with Crippen LogP contribution < -0.4 is 10.2 Å². The average molecular weight is 417 g/mol. The van der Waals surface area contributed by atoms with E-state index in [0.29, 0.717) is 27.8 Å². The van der Waals surface area contributed by atoms with Crippen molar-refractivity contribution >= 4 is 44.9 Å². The van der Waals surface area contributed by atoms with Gasteiger partial charge in [-0.3, -0.25) is 19.3 Å². The normalized spacial score (nSPS) is 14.3. The summed E-state index contributed by atoms with van der Waals surface area (Å²) in [6.07, 6.45) is 0.345. The monoisotopic (exact) mass is 416 g/mol. The molecule has 2 aromatic rings. The molecule has 1 heterocycles.